The molecule has 0 aliphatic heterocycles. The van der Waals surface area contributed by atoms with Crippen molar-refractivity contribution >= 4 is 33.4 Å². The Morgan fingerprint density at radius 2 is 1.78 bits per heavy atom. The third kappa shape index (κ3) is 5.60. The molecule has 9 nitrogen and oxygen atoms in total. The van der Waals surface area contributed by atoms with E-state index in [4.69, 9.17) is 4.42 Å². The van der Waals surface area contributed by atoms with Gasteiger partial charge in [0.1, 0.15) is 23.1 Å². The van der Waals surface area contributed by atoms with E-state index in [2.05, 4.69) is 21.6 Å². The Labute approximate surface area is 219 Å². The number of aromatic nitrogens is 3. The molecule has 2 heterocycles. The molecule has 2 aromatic heterocycles. The average molecular weight is 536 g/mol. The van der Waals surface area contributed by atoms with Gasteiger partial charge in [-0.25, -0.2) is 8.42 Å². The molecule has 0 saturated heterocycles. The lowest BCUT2D eigenvalue weighted by molar-refractivity contribution is -0.115. The van der Waals surface area contributed by atoms with Crippen molar-refractivity contribution in [1.29, 1.82) is 5.26 Å². The number of rotatable bonds is 8. The van der Waals surface area contributed by atoms with Gasteiger partial charge in [0.15, 0.2) is 20.8 Å². The quantitative estimate of drug-likeness (QED) is 0.320. The van der Waals surface area contributed by atoms with E-state index in [1.807, 2.05) is 37.3 Å². The minimum Gasteiger partial charge on any atom is -0.444 e. The van der Waals surface area contributed by atoms with Crippen LogP contribution < -0.4 is 5.32 Å². The first-order valence-electron chi connectivity index (χ1n) is 11.4. The van der Waals surface area contributed by atoms with Crippen LogP contribution in [0.4, 0.5) is 5.88 Å². The van der Waals surface area contributed by atoms with E-state index < -0.39 is 21.0 Å². The van der Waals surface area contributed by atoms with Gasteiger partial charge in [-0.3, -0.25) is 14.7 Å². The molecular weight excluding hydrogens is 510 g/mol. The lowest BCUT2D eigenvalue weighted by atomic mass is 10.2. The molecule has 0 saturated carbocycles. The predicted molar refractivity (Wildman–Crippen MR) is 140 cm³/mol. The van der Waals surface area contributed by atoms with E-state index in [1.54, 1.807) is 49.6 Å². The fourth-order valence-electron chi connectivity index (χ4n) is 3.58. The van der Waals surface area contributed by atoms with Gasteiger partial charge < -0.3 is 4.42 Å². The molecule has 1 N–H and O–H groups in total. The second kappa shape index (κ2) is 10.6. The maximum atomic E-state index is 13.1. The Hall–Kier alpha value is -3.88. The fourth-order valence-corrected chi connectivity index (χ4v) is 5.71. The molecule has 190 valence electrons. The van der Waals surface area contributed by atoms with Crippen molar-refractivity contribution in [3.63, 3.8) is 0 Å². The lowest BCUT2D eigenvalue weighted by Gasteiger charge is -2.13. The largest absolute Gasteiger partial charge is 0.444 e. The zero-order chi connectivity index (χ0) is 26.7. The highest BCUT2D eigenvalue weighted by atomic mass is 32.2. The van der Waals surface area contributed by atoms with Gasteiger partial charge in [-0.15, -0.1) is 10.2 Å². The van der Waals surface area contributed by atoms with Crippen molar-refractivity contribution in [3.05, 3.63) is 82.9 Å². The van der Waals surface area contributed by atoms with E-state index in [-0.39, 0.29) is 27.9 Å². The number of carbonyl (C=O) groups is 1. The highest BCUT2D eigenvalue weighted by Gasteiger charge is 2.26. The van der Waals surface area contributed by atoms with Crippen LogP contribution in [-0.4, -0.2) is 34.3 Å². The third-order valence-electron chi connectivity index (χ3n) is 5.80. The summed E-state index contributed by atoms with van der Waals surface area (Å²) in [5, 5.41) is 20.2. The van der Waals surface area contributed by atoms with Gasteiger partial charge in [-0.05, 0) is 52.0 Å². The number of sulfone groups is 1. The number of carbonyl (C=O) groups excluding carboxylic acids is 1. The van der Waals surface area contributed by atoms with Crippen molar-refractivity contribution in [2.75, 3.05) is 5.32 Å². The summed E-state index contributed by atoms with van der Waals surface area (Å²) in [5.41, 5.74) is 2.57. The number of aryl methyl sites for hydroxylation is 2. The van der Waals surface area contributed by atoms with E-state index in [9.17, 15) is 18.5 Å². The van der Waals surface area contributed by atoms with E-state index in [0.29, 0.717) is 22.2 Å². The summed E-state index contributed by atoms with van der Waals surface area (Å²) in [4.78, 5) is 13.1. The van der Waals surface area contributed by atoms with Crippen molar-refractivity contribution in [2.24, 2.45) is 0 Å². The molecule has 0 spiro atoms. The molecule has 0 bridgehead atoms. The Bertz CT molecular complexity index is 1580. The fraction of sp³-hybridized carbons (Fsp3) is 0.231. The molecule has 0 aliphatic rings. The van der Waals surface area contributed by atoms with E-state index >= 15 is 0 Å². The average Bonchev–Trinajstić information content (AvgIpc) is 3.38. The standard InChI is InChI=1S/C26H25N5O4S2/c1-16-10-12-21(13-11-16)37(33,34)15-23-29-30-26(31(23)20-8-6-5-7-9-20)36-19(4)24(32)28-25-22(14-27)17(2)18(3)35-25/h5-13,19H,15H2,1-4H3,(H,28,32). The molecule has 2 aromatic carbocycles. The number of hydrogen-bond acceptors (Lipinski definition) is 8. The van der Waals surface area contributed by atoms with E-state index in [1.165, 1.54) is 0 Å². The number of furan rings is 1. The van der Waals surface area contributed by atoms with Gasteiger partial charge in [-0.2, -0.15) is 5.26 Å². The number of amides is 1. The summed E-state index contributed by atoms with van der Waals surface area (Å²) in [6.07, 6.45) is 0. The topological polar surface area (TPSA) is 131 Å². The highest BCUT2D eigenvalue weighted by molar-refractivity contribution is 8.00. The number of nitrogens with zero attached hydrogens (tertiary/aromatic N) is 4. The van der Waals surface area contributed by atoms with Crippen LogP contribution in [0.25, 0.3) is 5.69 Å². The molecule has 0 fully saturated rings. The molecule has 4 aromatic rings. The van der Waals surface area contributed by atoms with Crippen LogP contribution in [0, 0.1) is 32.1 Å². The predicted octanol–water partition coefficient (Wildman–Crippen LogP) is 4.75. The molecule has 0 radical (unpaired) electrons. The van der Waals surface area contributed by atoms with Gasteiger partial charge >= 0.3 is 0 Å². The number of benzene rings is 2. The summed E-state index contributed by atoms with van der Waals surface area (Å²) in [6, 6.07) is 17.8. The Kier molecular flexibility index (Phi) is 7.52. The third-order valence-corrected chi connectivity index (χ3v) is 8.47. The van der Waals surface area contributed by atoms with Crippen molar-refractivity contribution in [2.45, 2.75) is 48.7 Å². The van der Waals surface area contributed by atoms with Crippen LogP contribution in [0.2, 0.25) is 0 Å². The van der Waals surface area contributed by atoms with Crippen molar-refractivity contribution < 1.29 is 17.6 Å². The molecule has 11 heteroatoms. The second-order valence-electron chi connectivity index (χ2n) is 8.49. The van der Waals surface area contributed by atoms with Gasteiger partial charge in [0, 0.05) is 11.3 Å². The zero-order valence-electron chi connectivity index (χ0n) is 20.7. The highest BCUT2D eigenvalue weighted by Crippen LogP contribution is 2.30. The first-order valence-corrected chi connectivity index (χ1v) is 13.9. The number of para-hydroxylation sites is 1. The monoisotopic (exact) mass is 535 g/mol. The normalized spacial score (nSPS) is 12.2. The molecule has 1 amide bonds. The minimum atomic E-state index is -3.70. The van der Waals surface area contributed by atoms with Crippen LogP contribution in [0.1, 0.15) is 35.2 Å². The number of hydrogen-bond donors (Lipinski definition) is 1. The number of nitrogens with one attached hydrogen (secondary N) is 1. The number of thioether (sulfide) groups is 1. The van der Waals surface area contributed by atoms with Crippen molar-refractivity contribution in [1.82, 2.24) is 14.8 Å². The molecule has 0 aliphatic carbocycles. The van der Waals surface area contributed by atoms with Crippen molar-refractivity contribution in [3.8, 4) is 11.8 Å². The zero-order valence-corrected chi connectivity index (χ0v) is 22.4. The van der Waals surface area contributed by atoms with Crippen LogP contribution in [-0.2, 0) is 20.4 Å². The lowest BCUT2D eigenvalue weighted by Crippen LogP contribution is -2.23. The van der Waals surface area contributed by atoms with Gasteiger partial charge in [0.25, 0.3) is 0 Å². The molecule has 4 rings (SSSR count). The first-order chi connectivity index (χ1) is 17.6. The number of anilines is 1. The minimum absolute atomic E-state index is 0.101. The van der Waals surface area contributed by atoms with Gasteiger partial charge in [0.2, 0.25) is 11.8 Å². The van der Waals surface area contributed by atoms with Crippen LogP contribution in [0.5, 0.6) is 0 Å². The smallest absolute Gasteiger partial charge is 0.240 e. The summed E-state index contributed by atoms with van der Waals surface area (Å²) < 4.78 is 33.5. The molecular formula is C26H25N5O4S2. The Morgan fingerprint density at radius 3 is 2.43 bits per heavy atom. The van der Waals surface area contributed by atoms with Crippen LogP contribution >= 0.6 is 11.8 Å². The SMILES string of the molecule is Cc1ccc(S(=O)(=O)Cc2nnc(SC(C)C(=O)Nc3oc(C)c(C)c3C#N)n2-c2ccccc2)cc1. The summed E-state index contributed by atoms with van der Waals surface area (Å²) in [6.45, 7) is 7.04. The van der Waals surface area contributed by atoms with Crippen LogP contribution in [0.15, 0.2) is 69.1 Å². The van der Waals surface area contributed by atoms with Gasteiger partial charge in [-0.1, -0.05) is 47.7 Å². The van der Waals surface area contributed by atoms with Crippen LogP contribution in [0.3, 0.4) is 0 Å². The molecule has 1 unspecified atom stereocenters. The Balaban J connectivity index is 1.62. The number of nitriles is 1. The summed E-state index contributed by atoms with van der Waals surface area (Å²) in [7, 11) is -3.70. The summed E-state index contributed by atoms with van der Waals surface area (Å²) >= 11 is 1.12. The second-order valence-corrected chi connectivity index (χ2v) is 11.8. The Morgan fingerprint density at radius 1 is 1.11 bits per heavy atom. The van der Waals surface area contributed by atoms with E-state index in [0.717, 1.165) is 17.3 Å². The first kappa shape index (κ1) is 26.2. The maximum absolute atomic E-state index is 13.1. The summed E-state index contributed by atoms with van der Waals surface area (Å²) in [5.74, 6) is 0.118. The van der Waals surface area contributed by atoms with Gasteiger partial charge in [0.05, 0.1) is 10.1 Å². The molecule has 1 atom stereocenters. The maximum Gasteiger partial charge on any atom is 0.240 e. The molecule has 37 heavy (non-hydrogen) atoms.